The molecule has 2 unspecified atom stereocenters. The molecule has 1 saturated heterocycles. The van der Waals surface area contributed by atoms with Gasteiger partial charge in [-0.25, -0.2) is 0 Å². The van der Waals surface area contributed by atoms with Crippen LogP contribution in [-0.4, -0.2) is 42.9 Å². The number of hydrogen-bond acceptors (Lipinski definition) is 5. The molecule has 0 spiro atoms. The van der Waals surface area contributed by atoms with Crippen molar-refractivity contribution in [3.8, 4) is 0 Å². The zero-order valence-electron chi connectivity index (χ0n) is 18.0. The second kappa shape index (κ2) is 9.96. The number of benzene rings is 2. The van der Waals surface area contributed by atoms with Gasteiger partial charge in [0.15, 0.2) is 0 Å². The summed E-state index contributed by atoms with van der Waals surface area (Å²) in [5.41, 5.74) is 0.659. The number of thiophene rings is 1. The fourth-order valence-electron chi connectivity index (χ4n) is 4.21. The summed E-state index contributed by atoms with van der Waals surface area (Å²) in [4.78, 5) is 40.9. The average molecular weight is 451 g/mol. The Morgan fingerprint density at radius 2 is 1.94 bits per heavy atom. The summed E-state index contributed by atoms with van der Waals surface area (Å²) >= 11 is 1.49. The molecule has 2 aromatic carbocycles. The zero-order valence-corrected chi connectivity index (χ0v) is 18.8. The first-order valence-electron chi connectivity index (χ1n) is 10.7. The topological polar surface area (TPSA) is 75.7 Å². The molecule has 1 aliphatic heterocycles. The molecule has 7 heteroatoms. The van der Waals surface area contributed by atoms with Gasteiger partial charge in [-0.3, -0.25) is 14.4 Å². The second-order valence-electron chi connectivity index (χ2n) is 7.97. The Hall–Kier alpha value is -3.19. The van der Waals surface area contributed by atoms with Crippen LogP contribution in [0, 0.1) is 5.92 Å². The largest absolute Gasteiger partial charge is 0.469 e. The van der Waals surface area contributed by atoms with Crippen LogP contribution >= 0.6 is 11.3 Å². The molecule has 2 heterocycles. The molecule has 2 atom stereocenters. The molecule has 1 aliphatic rings. The minimum absolute atomic E-state index is 0.0522. The van der Waals surface area contributed by atoms with Crippen molar-refractivity contribution in [2.75, 3.05) is 20.2 Å². The lowest BCUT2D eigenvalue weighted by molar-refractivity contribution is -0.141. The Morgan fingerprint density at radius 3 is 2.72 bits per heavy atom. The van der Waals surface area contributed by atoms with E-state index in [0.717, 1.165) is 22.1 Å². The third kappa shape index (κ3) is 4.83. The van der Waals surface area contributed by atoms with Crippen molar-refractivity contribution < 1.29 is 19.1 Å². The van der Waals surface area contributed by atoms with Gasteiger partial charge < -0.3 is 15.0 Å². The van der Waals surface area contributed by atoms with Gasteiger partial charge in [0.25, 0.3) is 5.91 Å². The monoisotopic (exact) mass is 450 g/mol. The highest BCUT2D eigenvalue weighted by Crippen LogP contribution is 2.26. The SMILES string of the molecule is COC(=O)CC(NC(=O)C1CCCN(C(=O)c2cccc3ccccc23)C1)c1cccs1. The molecule has 1 fully saturated rings. The van der Waals surface area contributed by atoms with E-state index < -0.39 is 6.04 Å². The van der Waals surface area contributed by atoms with Crippen molar-refractivity contribution in [3.05, 3.63) is 70.4 Å². The van der Waals surface area contributed by atoms with Gasteiger partial charge in [0.05, 0.1) is 25.5 Å². The maximum absolute atomic E-state index is 13.3. The van der Waals surface area contributed by atoms with E-state index in [-0.39, 0.29) is 30.1 Å². The van der Waals surface area contributed by atoms with E-state index in [2.05, 4.69) is 5.32 Å². The first kappa shape index (κ1) is 22.0. The lowest BCUT2D eigenvalue weighted by Gasteiger charge is -2.33. The van der Waals surface area contributed by atoms with E-state index in [1.807, 2.05) is 60.0 Å². The number of fused-ring (bicyclic) bond motifs is 1. The molecule has 3 aromatic rings. The molecule has 0 aliphatic carbocycles. The van der Waals surface area contributed by atoms with Crippen molar-refractivity contribution in [1.29, 1.82) is 0 Å². The summed E-state index contributed by atoms with van der Waals surface area (Å²) in [6.07, 6.45) is 1.55. The van der Waals surface area contributed by atoms with Crippen LogP contribution < -0.4 is 5.32 Å². The predicted octanol–water partition coefficient (Wildman–Crippen LogP) is 4.17. The van der Waals surface area contributed by atoms with Crippen LogP contribution in [0.4, 0.5) is 0 Å². The van der Waals surface area contributed by atoms with Gasteiger partial charge in [-0.1, -0.05) is 42.5 Å². The highest BCUT2D eigenvalue weighted by Gasteiger charge is 2.31. The molecule has 1 aromatic heterocycles. The maximum Gasteiger partial charge on any atom is 0.307 e. The Kier molecular flexibility index (Phi) is 6.85. The molecule has 32 heavy (non-hydrogen) atoms. The molecule has 0 bridgehead atoms. The predicted molar refractivity (Wildman–Crippen MR) is 124 cm³/mol. The normalized spacial score (nSPS) is 17.0. The smallest absolute Gasteiger partial charge is 0.307 e. The van der Waals surface area contributed by atoms with Crippen molar-refractivity contribution >= 4 is 39.9 Å². The van der Waals surface area contributed by atoms with E-state index in [0.29, 0.717) is 25.1 Å². The van der Waals surface area contributed by atoms with Crippen molar-refractivity contribution in [2.45, 2.75) is 25.3 Å². The summed E-state index contributed by atoms with van der Waals surface area (Å²) in [5.74, 6) is -0.880. The van der Waals surface area contributed by atoms with Crippen LogP contribution in [0.15, 0.2) is 60.0 Å². The number of ether oxygens (including phenoxy) is 1. The molecule has 166 valence electrons. The summed E-state index contributed by atoms with van der Waals surface area (Å²) in [6.45, 7) is 0.992. The highest BCUT2D eigenvalue weighted by molar-refractivity contribution is 7.10. The van der Waals surface area contributed by atoms with Gasteiger partial charge in [0.1, 0.15) is 0 Å². The van der Waals surface area contributed by atoms with Crippen LogP contribution in [0.2, 0.25) is 0 Å². The van der Waals surface area contributed by atoms with Gasteiger partial charge in [-0.15, -0.1) is 11.3 Å². The number of piperidine rings is 1. The number of nitrogens with zero attached hydrogens (tertiary/aromatic N) is 1. The zero-order chi connectivity index (χ0) is 22.5. The molecule has 0 saturated carbocycles. The summed E-state index contributed by atoms with van der Waals surface area (Å²) in [7, 11) is 1.34. The molecule has 2 amide bonds. The number of rotatable bonds is 6. The quantitative estimate of drug-likeness (QED) is 0.572. The van der Waals surface area contributed by atoms with E-state index in [9.17, 15) is 14.4 Å². The first-order valence-corrected chi connectivity index (χ1v) is 11.6. The third-order valence-corrected chi connectivity index (χ3v) is 6.89. The maximum atomic E-state index is 13.3. The van der Waals surface area contributed by atoms with Crippen LogP contribution in [0.1, 0.15) is 40.5 Å². The second-order valence-corrected chi connectivity index (χ2v) is 8.95. The van der Waals surface area contributed by atoms with E-state index in [1.165, 1.54) is 18.4 Å². The Balaban J connectivity index is 1.47. The molecular weight excluding hydrogens is 424 g/mol. The number of likely N-dealkylation sites (tertiary alicyclic amines) is 1. The van der Waals surface area contributed by atoms with Crippen LogP contribution in [0.5, 0.6) is 0 Å². The van der Waals surface area contributed by atoms with Gasteiger partial charge in [-0.2, -0.15) is 0 Å². The number of carbonyl (C=O) groups is 3. The molecule has 1 N–H and O–H groups in total. The fraction of sp³-hybridized carbons (Fsp3) is 0.320. The van der Waals surface area contributed by atoms with Gasteiger partial charge >= 0.3 is 5.97 Å². The lowest BCUT2D eigenvalue weighted by Crippen LogP contribution is -2.46. The first-order chi connectivity index (χ1) is 15.6. The lowest BCUT2D eigenvalue weighted by atomic mass is 9.95. The van der Waals surface area contributed by atoms with E-state index >= 15 is 0 Å². The summed E-state index contributed by atoms with van der Waals surface area (Å²) in [5, 5.41) is 6.87. The minimum atomic E-state index is -0.431. The van der Waals surface area contributed by atoms with Gasteiger partial charge in [-0.05, 0) is 41.1 Å². The van der Waals surface area contributed by atoms with E-state index in [1.54, 1.807) is 4.90 Å². The summed E-state index contributed by atoms with van der Waals surface area (Å²) in [6, 6.07) is 16.9. The Labute approximate surface area is 191 Å². The number of carbonyl (C=O) groups excluding carboxylic acids is 3. The van der Waals surface area contributed by atoms with Crippen molar-refractivity contribution in [1.82, 2.24) is 10.2 Å². The number of nitrogens with one attached hydrogen (secondary N) is 1. The number of amides is 2. The number of methoxy groups -OCH3 is 1. The van der Waals surface area contributed by atoms with E-state index in [4.69, 9.17) is 4.74 Å². The van der Waals surface area contributed by atoms with Crippen LogP contribution in [0.25, 0.3) is 10.8 Å². The fourth-order valence-corrected chi connectivity index (χ4v) is 4.99. The van der Waals surface area contributed by atoms with Gasteiger partial charge in [0, 0.05) is 23.5 Å². The van der Waals surface area contributed by atoms with Crippen LogP contribution in [-0.2, 0) is 14.3 Å². The molecule has 0 radical (unpaired) electrons. The Morgan fingerprint density at radius 1 is 1.12 bits per heavy atom. The number of hydrogen-bond donors (Lipinski definition) is 1. The molecule has 4 rings (SSSR count). The minimum Gasteiger partial charge on any atom is -0.469 e. The number of esters is 1. The highest BCUT2D eigenvalue weighted by atomic mass is 32.1. The van der Waals surface area contributed by atoms with Crippen molar-refractivity contribution in [3.63, 3.8) is 0 Å². The van der Waals surface area contributed by atoms with Crippen molar-refractivity contribution in [2.24, 2.45) is 5.92 Å². The molecule has 6 nitrogen and oxygen atoms in total. The Bertz CT molecular complexity index is 1110. The molecular formula is C25H26N2O4S. The average Bonchev–Trinajstić information content (AvgIpc) is 3.38. The summed E-state index contributed by atoms with van der Waals surface area (Å²) < 4.78 is 4.80. The third-order valence-electron chi connectivity index (χ3n) is 5.90. The van der Waals surface area contributed by atoms with Gasteiger partial charge in [0.2, 0.25) is 5.91 Å². The standard InChI is InChI=1S/C25H26N2O4S/c1-31-23(28)15-21(22-12-6-14-32-22)26-24(29)18-9-5-13-27(16-18)25(30)20-11-4-8-17-7-2-3-10-19(17)20/h2-4,6-8,10-12,14,18,21H,5,9,13,15-16H2,1H3,(H,26,29). The van der Waals surface area contributed by atoms with Crippen LogP contribution in [0.3, 0.4) is 0 Å².